The van der Waals surface area contributed by atoms with Crippen molar-refractivity contribution >= 4 is 15.9 Å². The first-order chi connectivity index (χ1) is 18.2. The van der Waals surface area contributed by atoms with Crippen LogP contribution in [0.25, 0.3) is 0 Å². The molecule has 4 rings (SSSR count). The van der Waals surface area contributed by atoms with Gasteiger partial charge in [-0.2, -0.15) is 0 Å². The third kappa shape index (κ3) is 7.40. The van der Waals surface area contributed by atoms with Crippen molar-refractivity contribution in [1.82, 2.24) is 4.90 Å². The standard InChI is InChI=1S/C29H39FN2O5S/c1-29(2)27(20-23-11-9-22(10-12-23)6-5-14-32-15-18-36-19-16-32)38(34,35)31-28(37-29)21-24(13-17-33)25-7-3-4-8-26(25)30/h3-4,7-12,24,27,33H,5-6,13-21H2,1-2H3/t24-,27?/m1/s1. The Morgan fingerprint density at radius 3 is 2.45 bits per heavy atom. The number of ether oxygens (including phenoxy) is 2. The Bertz CT molecular complexity index is 1190. The van der Waals surface area contributed by atoms with Crippen molar-refractivity contribution in [2.45, 2.75) is 62.7 Å². The Morgan fingerprint density at radius 1 is 1.11 bits per heavy atom. The molecule has 0 bridgehead atoms. The van der Waals surface area contributed by atoms with Gasteiger partial charge < -0.3 is 14.6 Å². The molecule has 0 aliphatic carbocycles. The number of aryl methyl sites for hydroxylation is 1. The van der Waals surface area contributed by atoms with E-state index in [-0.39, 0.29) is 31.8 Å². The highest BCUT2D eigenvalue weighted by Crippen LogP contribution is 2.35. The van der Waals surface area contributed by atoms with Gasteiger partial charge >= 0.3 is 0 Å². The van der Waals surface area contributed by atoms with Crippen molar-refractivity contribution in [3.05, 3.63) is 71.0 Å². The van der Waals surface area contributed by atoms with Crippen molar-refractivity contribution in [2.75, 3.05) is 39.5 Å². The van der Waals surface area contributed by atoms with Crippen molar-refractivity contribution in [1.29, 1.82) is 0 Å². The van der Waals surface area contributed by atoms with Crippen LogP contribution < -0.4 is 0 Å². The molecule has 0 radical (unpaired) electrons. The van der Waals surface area contributed by atoms with Gasteiger partial charge in [-0.25, -0.2) is 12.8 Å². The summed E-state index contributed by atoms with van der Waals surface area (Å²) in [6.45, 7) is 7.99. The summed E-state index contributed by atoms with van der Waals surface area (Å²) in [7, 11) is -3.88. The van der Waals surface area contributed by atoms with Gasteiger partial charge in [-0.15, -0.1) is 4.40 Å². The predicted molar refractivity (Wildman–Crippen MR) is 146 cm³/mol. The summed E-state index contributed by atoms with van der Waals surface area (Å²) >= 11 is 0. The molecule has 2 atom stereocenters. The molecule has 0 spiro atoms. The smallest absolute Gasteiger partial charge is 0.263 e. The Labute approximate surface area is 225 Å². The van der Waals surface area contributed by atoms with Gasteiger partial charge in [-0.3, -0.25) is 4.90 Å². The molecule has 1 fully saturated rings. The lowest BCUT2D eigenvalue weighted by molar-refractivity contribution is 0.0374. The molecule has 1 N–H and O–H groups in total. The fourth-order valence-electron chi connectivity index (χ4n) is 5.31. The van der Waals surface area contributed by atoms with Crippen LogP contribution >= 0.6 is 0 Å². The topological polar surface area (TPSA) is 88.4 Å². The molecule has 0 amide bonds. The third-order valence-electron chi connectivity index (χ3n) is 7.48. The molecular formula is C29H39FN2O5S. The van der Waals surface area contributed by atoms with Crippen LogP contribution in [-0.2, 0) is 32.3 Å². The van der Waals surface area contributed by atoms with E-state index in [1.54, 1.807) is 32.0 Å². The SMILES string of the molecule is CC1(C)OC(C[C@@H](CCO)c2ccccc2F)=NS(=O)(=O)C1Cc1ccc(CCCN2CCOCC2)cc1. The third-order valence-corrected chi connectivity index (χ3v) is 9.39. The van der Waals surface area contributed by atoms with Gasteiger partial charge in [-0.1, -0.05) is 42.5 Å². The molecule has 1 saturated heterocycles. The Hall–Kier alpha value is -2.33. The first-order valence-corrected chi connectivity index (χ1v) is 14.9. The van der Waals surface area contributed by atoms with Crippen molar-refractivity contribution < 1.29 is 27.4 Å². The second-order valence-corrected chi connectivity index (χ2v) is 12.5. The highest BCUT2D eigenvalue weighted by atomic mass is 32.2. The van der Waals surface area contributed by atoms with Gasteiger partial charge in [0.05, 0.1) is 13.2 Å². The lowest BCUT2D eigenvalue weighted by atomic mass is 9.91. The molecule has 2 aliphatic heterocycles. The summed E-state index contributed by atoms with van der Waals surface area (Å²) in [5.74, 6) is -0.784. The number of nitrogens with zero attached hydrogens (tertiary/aromatic N) is 2. The molecule has 38 heavy (non-hydrogen) atoms. The number of morpholine rings is 1. The van der Waals surface area contributed by atoms with Crippen molar-refractivity contribution in [2.24, 2.45) is 4.40 Å². The molecule has 2 aromatic carbocycles. The molecule has 9 heteroatoms. The molecule has 2 aromatic rings. The van der Waals surface area contributed by atoms with E-state index in [1.165, 1.54) is 11.6 Å². The van der Waals surface area contributed by atoms with Crippen molar-refractivity contribution in [3.8, 4) is 0 Å². The molecular weight excluding hydrogens is 507 g/mol. The van der Waals surface area contributed by atoms with E-state index >= 15 is 0 Å². The highest BCUT2D eigenvalue weighted by Gasteiger charge is 2.46. The van der Waals surface area contributed by atoms with E-state index in [0.29, 0.717) is 5.56 Å². The molecule has 208 valence electrons. The average Bonchev–Trinajstić information content (AvgIpc) is 2.87. The van der Waals surface area contributed by atoms with E-state index in [0.717, 1.165) is 51.3 Å². The summed E-state index contributed by atoms with van der Waals surface area (Å²) in [4.78, 5) is 2.42. The average molecular weight is 547 g/mol. The van der Waals surface area contributed by atoms with Crippen LogP contribution in [0.4, 0.5) is 4.39 Å². The van der Waals surface area contributed by atoms with Crippen LogP contribution in [0.2, 0.25) is 0 Å². The van der Waals surface area contributed by atoms with Crippen LogP contribution in [0.15, 0.2) is 52.9 Å². The number of rotatable bonds is 11. The molecule has 0 saturated carbocycles. The summed E-state index contributed by atoms with van der Waals surface area (Å²) < 4.78 is 56.6. The number of aliphatic hydroxyl groups excluding tert-OH is 1. The molecule has 1 unspecified atom stereocenters. The maximum Gasteiger partial charge on any atom is 0.263 e. The Balaban J connectivity index is 1.41. The zero-order valence-electron chi connectivity index (χ0n) is 22.3. The fraction of sp³-hybridized carbons (Fsp3) is 0.552. The fourth-order valence-corrected chi connectivity index (χ4v) is 7.00. The van der Waals surface area contributed by atoms with Crippen LogP contribution in [0.5, 0.6) is 0 Å². The largest absolute Gasteiger partial charge is 0.473 e. The Morgan fingerprint density at radius 2 is 1.79 bits per heavy atom. The van der Waals surface area contributed by atoms with Gasteiger partial charge in [0.15, 0.2) is 0 Å². The van der Waals surface area contributed by atoms with E-state index in [4.69, 9.17) is 9.47 Å². The summed E-state index contributed by atoms with van der Waals surface area (Å²) in [5.41, 5.74) is 1.53. The number of hydrogen-bond acceptors (Lipinski definition) is 6. The number of hydrogen-bond donors (Lipinski definition) is 1. The quantitative estimate of drug-likeness (QED) is 0.457. The van der Waals surface area contributed by atoms with Crippen molar-refractivity contribution in [3.63, 3.8) is 0 Å². The maximum atomic E-state index is 14.4. The minimum absolute atomic E-state index is 0.0589. The lowest BCUT2D eigenvalue weighted by Gasteiger charge is -2.38. The zero-order valence-corrected chi connectivity index (χ0v) is 23.1. The minimum atomic E-state index is -3.88. The number of sulfonamides is 1. The summed E-state index contributed by atoms with van der Waals surface area (Å²) in [6.07, 6.45) is 2.69. The number of benzene rings is 2. The number of aliphatic hydroxyl groups is 1. The summed E-state index contributed by atoms with van der Waals surface area (Å²) in [5, 5.41) is 8.68. The first-order valence-electron chi connectivity index (χ1n) is 13.4. The summed E-state index contributed by atoms with van der Waals surface area (Å²) in [6, 6.07) is 14.4. The molecule has 2 heterocycles. The monoisotopic (exact) mass is 546 g/mol. The minimum Gasteiger partial charge on any atom is -0.473 e. The zero-order chi connectivity index (χ0) is 27.2. The molecule has 2 aliphatic rings. The van der Waals surface area contributed by atoms with Gasteiger partial charge in [-0.05, 0) is 74.8 Å². The molecule has 7 nitrogen and oxygen atoms in total. The van der Waals surface area contributed by atoms with Gasteiger partial charge in [0.25, 0.3) is 10.0 Å². The van der Waals surface area contributed by atoms with E-state index in [9.17, 15) is 17.9 Å². The lowest BCUT2D eigenvalue weighted by Crippen LogP contribution is -2.50. The van der Waals surface area contributed by atoms with E-state index in [2.05, 4.69) is 21.4 Å². The van der Waals surface area contributed by atoms with E-state index < -0.39 is 32.6 Å². The highest BCUT2D eigenvalue weighted by molar-refractivity contribution is 7.91. The first kappa shape index (κ1) is 28.7. The second kappa shape index (κ2) is 12.7. The predicted octanol–water partition coefficient (Wildman–Crippen LogP) is 4.10. The van der Waals surface area contributed by atoms with Gasteiger partial charge in [0.2, 0.25) is 5.90 Å². The van der Waals surface area contributed by atoms with Gasteiger partial charge in [0, 0.05) is 26.1 Å². The van der Waals surface area contributed by atoms with E-state index in [1.807, 2.05) is 12.1 Å². The normalized spacial score (nSPS) is 21.9. The van der Waals surface area contributed by atoms with Crippen LogP contribution in [0.1, 0.15) is 55.7 Å². The Kier molecular flexibility index (Phi) is 9.57. The van der Waals surface area contributed by atoms with Crippen LogP contribution in [-0.4, -0.2) is 74.6 Å². The van der Waals surface area contributed by atoms with Gasteiger partial charge in [0.1, 0.15) is 16.7 Å². The van der Waals surface area contributed by atoms with Crippen LogP contribution in [0, 0.1) is 5.82 Å². The number of halogens is 1. The molecule has 0 aromatic heterocycles. The van der Waals surface area contributed by atoms with Crippen LogP contribution in [0.3, 0.4) is 0 Å². The maximum absolute atomic E-state index is 14.4. The second-order valence-electron chi connectivity index (χ2n) is 10.7.